The molecule has 33 heavy (non-hydrogen) atoms. The number of β-lactam (4-membered cyclic amide) rings is 1. The molecule has 0 spiro atoms. The van der Waals surface area contributed by atoms with Gasteiger partial charge in [-0.1, -0.05) is 24.3 Å². The van der Waals surface area contributed by atoms with E-state index >= 15 is 0 Å². The molecule has 3 aromatic carbocycles. The number of methoxy groups -OCH3 is 2. The molecule has 0 aromatic heterocycles. The van der Waals surface area contributed by atoms with E-state index in [0.29, 0.717) is 30.0 Å². The maximum absolute atomic E-state index is 13.2. The number of rotatable bonds is 8. The number of amides is 1. The quantitative estimate of drug-likeness (QED) is 0.381. The van der Waals surface area contributed by atoms with E-state index in [1.807, 2.05) is 0 Å². The summed E-state index contributed by atoms with van der Waals surface area (Å²) in [5.74, 6) is 0.400. The molecule has 1 saturated heterocycles. The van der Waals surface area contributed by atoms with E-state index in [1.165, 1.54) is 19.2 Å². The molecule has 0 aliphatic carbocycles. The molecule has 1 heterocycles. The van der Waals surface area contributed by atoms with Gasteiger partial charge in [0, 0.05) is 6.54 Å². The van der Waals surface area contributed by atoms with E-state index in [1.54, 1.807) is 72.7 Å². The third-order valence-corrected chi connectivity index (χ3v) is 5.70. The number of carbonyl (C=O) groups is 2. The number of hydrogen-bond donors (Lipinski definition) is 0. The Kier molecular flexibility index (Phi) is 6.58. The lowest BCUT2D eigenvalue weighted by Crippen LogP contribution is -2.61. The highest BCUT2D eigenvalue weighted by atomic mass is 19.1. The number of nitrogens with zero attached hydrogens (tertiary/aromatic N) is 1. The lowest BCUT2D eigenvalue weighted by Gasteiger charge is -2.47. The Morgan fingerprint density at radius 2 is 1.55 bits per heavy atom. The minimum atomic E-state index is -0.699. The van der Waals surface area contributed by atoms with Crippen LogP contribution in [0, 0.1) is 5.82 Å². The maximum Gasteiger partial charge on any atom is 0.337 e. The lowest BCUT2D eigenvalue weighted by molar-refractivity contribution is -0.164. The maximum atomic E-state index is 13.2. The van der Waals surface area contributed by atoms with Crippen LogP contribution in [0.3, 0.4) is 0 Å². The van der Waals surface area contributed by atoms with Crippen molar-refractivity contribution in [2.45, 2.75) is 18.6 Å². The van der Waals surface area contributed by atoms with E-state index in [0.717, 1.165) is 11.1 Å². The fraction of sp³-hybridized carbons (Fsp3) is 0.231. The minimum absolute atomic E-state index is 0.130. The molecule has 1 aliphatic rings. The molecule has 0 bridgehead atoms. The standard InChI is InChI=1S/C26H24FNO5/c1-31-21-11-13-22(14-12-21)33-24-23(18-5-7-19(8-6-18)26(30)32-2)28(25(24)29)16-15-17-3-9-20(27)10-4-17/h3-14,23-24H,15-16H2,1-2H3/t23-,24-/m0/s1. The zero-order valence-electron chi connectivity index (χ0n) is 18.4. The molecule has 0 saturated carbocycles. The monoisotopic (exact) mass is 449 g/mol. The normalized spacial score (nSPS) is 17.3. The average Bonchev–Trinajstić information content (AvgIpc) is 2.86. The van der Waals surface area contributed by atoms with Crippen LogP contribution < -0.4 is 9.47 Å². The topological polar surface area (TPSA) is 65.1 Å². The van der Waals surface area contributed by atoms with E-state index < -0.39 is 12.1 Å². The fourth-order valence-corrected chi connectivity index (χ4v) is 3.87. The summed E-state index contributed by atoms with van der Waals surface area (Å²) in [5, 5.41) is 0. The lowest BCUT2D eigenvalue weighted by atomic mass is 9.89. The van der Waals surface area contributed by atoms with E-state index in [2.05, 4.69) is 0 Å². The Bertz CT molecular complexity index is 1110. The second-order valence-electron chi connectivity index (χ2n) is 7.68. The molecular weight excluding hydrogens is 425 g/mol. The van der Waals surface area contributed by atoms with Gasteiger partial charge >= 0.3 is 5.97 Å². The van der Waals surface area contributed by atoms with E-state index in [9.17, 15) is 14.0 Å². The molecule has 170 valence electrons. The second kappa shape index (κ2) is 9.73. The summed E-state index contributed by atoms with van der Waals surface area (Å²) < 4.78 is 29.2. The first-order valence-corrected chi connectivity index (χ1v) is 10.5. The zero-order chi connectivity index (χ0) is 23.4. The number of benzene rings is 3. The third-order valence-electron chi connectivity index (χ3n) is 5.70. The smallest absolute Gasteiger partial charge is 0.337 e. The first-order valence-electron chi connectivity index (χ1n) is 10.5. The van der Waals surface area contributed by atoms with Crippen molar-refractivity contribution in [1.29, 1.82) is 0 Å². The molecule has 7 heteroatoms. The van der Waals surface area contributed by atoms with Crippen LogP contribution in [-0.2, 0) is 16.0 Å². The van der Waals surface area contributed by atoms with Crippen LogP contribution in [0.1, 0.15) is 27.5 Å². The summed E-state index contributed by atoms with van der Waals surface area (Å²) in [6, 6.07) is 19.9. The SMILES string of the molecule is COC(=O)c1ccc([C@H]2[C@H](Oc3ccc(OC)cc3)C(=O)N2CCc2ccc(F)cc2)cc1. The Labute approximate surface area is 191 Å². The van der Waals surface area contributed by atoms with Crippen molar-refractivity contribution in [3.05, 3.63) is 95.3 Å². The van der Waals surface area contributed by atoms with E-state index in [4.69, 9.17) is 14.2 Å². The van der Waals surface area contributed by atoms with Gasteiger partial charge in [-0.2, -0.15) is 0 Å². The van der Waals surface area contributed by atoms with Crippen LogP contribution in [0.15, 0.2) is 72.8 Å². The first kappa shape index (κ1) is 22.3. The highest BCUT2D eigenvalue weighted by Gasteiger charge is 2.49. The highest BCUT2D eigenvalue weighted by molar-refractivity contribution is 5.90. The second-order valence-corrected chi connectivity index (χ2v) is 7.68. The molecule has 1 fully saturated rings. The van der Waals surface area contributed by atoms with Crippen LogP contribution in [0.25, 0.3) is 0 Å². The largest absolute Gasteiger partial charge is 0.497 e. The summed E-state index contributed by atoms with van der Waals surface area (Å²) in [6.45, 7) is 0.455. The van der Waals surface area contributed by atoms with Crippen molar-refractivity contribution in [3.8, 4) is 11.5 Å². The zero-order valence-corrected chi connectivity index (χ0v) is 18.4. The molecule has 1 aliphatic heterocycles. The van der Waals surface area contributed by atoms with Crippen molar-refractivity contribution in [3.63, 3.8) is 0 Å². The Hall–Kier alpha value is -3.87. The average molecular weight is 449 g/mol. The molecule has 3 aromatic rings. The number of ether oxygens (including phenoxy) is 3. The van der Waals surface area contributed by atoms with Crippen molar-refractivity contribution in [2.75, 3.05) is 20.8 Å². The molecule has 0 N–H and O–H groups in total. The number of likely N-dealkylation sites (tertiary alicyclic amines) is 1. The van der Waals surface area contributed by atoms with Gasteiger partial charge in [0.2, 0.25) is 6.10 Å². The molecule has 0 unspecified atom stereocenters. The predicted molar refractivity (Wildman–Crippen MR) is 120 cm³/mol. The molecule has 0 radical (unpaired) electrons. The summed E-state index contributed by atoms with van der Waals surface area (Å²) in [5.41, 5.74) is 2.21. The van der Waals surface area contributed by atoms with Crippen LogP contribution >= 0.6 is 0 Å². The number of esters is 1. The molecule has 2 atom stereocenters. The summed E-state index contributed by atoms with van der Waals surface area (Å²) in [6.07, 6.45) is -0.117. The molecule has 1 amide bonds. The third kappa shape index (κ3) is 4.82. The first-order chi connectivity index (χ1) is 16.0. The highest BCUT2D eigenvalue weighted by Crippen LogP contribution is 2.38. The summed E-state index contributed by atoms with van der Waals surface area (Å²) in [7, 11) is 2.91. The fourth-order valence-electron chi connectivity index (χ4n) is 3.87. The Morgan fingerprint density at radius 3 is 2.15 bits per heavy atom. The van der Waals surface area contributed by atoms with Gasteiger partial charge in [-0.3, -0.25) is 4.79 Å². The van der Waals surface area contributed by atoms with Gasteiger partial charge in [-0.15, -0.1) is 0 Å². The number of hydrogen-bond acceptors (Lipinski definition) is 5. The van der Waals surface area contributed by atoms with Crippen molar-refractivity contribution in [1.82, 2.24) is 4.90 Å². The molecule has 6 nitrogen and oxygen atoms in total. The Balaban J connectivity index is 1.55. The summed E-state index contributed by atoms with van der Waals surface area (Å²) >= 11 is 0. The van der Waals surface area contributed by atoms with Gasteiger partial charge < -0.3 is 19.1 Å². The van der Waals surface area contributed by atoms with E-state index in [-0.39, 0.29) is 17.8 Å². The predicted octanol–water partition coefficient (Wildman–Crippen LogP) is 4.19. The number of halogens is 1. The van der Waals surface area contributed by atoms with Crippen LogP contribution in [0.4, 0.5) is 4.39 Å². The van der Waals surface area contributed by atoms with Gasteiger partial charge in [-0.25, -0.2) is 9.18 Å². The Morgan fingerprint density at radius 1 is 0.909 bits per heavy atom. The summed E-state index contributed by atoms with van der Waals surface area (Å²) in [4.78, 5) is 26.5. The van der Waals surface area contributed by atoms with Gasteiger partial charge in [0.25, 0.3) is 5.91 Å². The van der Waals surface area contributed by atoms with Crippen molar-refractivity contribution in [2.24, 2.45) is 0 Å². The minimum Gasteiger partial charge on any atom is -0.497 e. The van der Waals surface area contributed by atoms with Gasteiger partial charge in [-0.05, 0) is 66.1 Å². The van der Waals surface area contributed by atoms with Crippen molar-refractivity contribution >= 4 is 11.9 Å². The van der Waals surface area contributed by atoms with Crippen LogP contribution in [0.2, 0.25) is 0 Å². The van der Waals surface area contributed by atoms with Crippen LogP contribution in [0.5, 0.6) is 11.5 Å². The van der Waals surface area contributed by atoms with Gasteiger partial charge in [0.1, 0.15) is 23.4 Å². The van der Waals surface area contributed by atoms with Gasteiger partial charge in [0.05, 0.1) is 19.8 Å². The van der Waals surface area contributed by atoms with Crippen molar-refractivity contribution < 1.29 is 28.2 Å². The van der Waals surface area contributed by atoms with Gasteiger partial charge in [0.15, 0.2) is 0 Å². The number of carbonyl (C=O) groups excluding carboxylic acids is 2. The molecular formula is C26H24FNO5. The molecule has 4 rings (SSSR count). The van der Waals surface area contributed by atoms with Crippen LogP contribution in [-0.4, -0.2) is 43.6 Å².